The van der Waals surface area contributed by atoms with Gasteiger partial charge in [-0.1, -0.05) is 25.4 Å². The highest BCUT2D eigenvalue weighted by Crippen LogP contribution is 2.17. The molecule has 0 aliphatic rings. The van der Waals surface area contributed by atoms with Gasteiger partial charge in [-0.25, -0.2) is 0 Å². The van der Waals surface area contributed by atoms with Crippen LogP contribution < -0.4 is 10.1 Å². The lowest BCUT2D eigenvalue weighted by Crippen LogP contribution is -2.38. The van der Waals surface area contributed by atoms with E-state index in [1.165, 1.54) is 0 Å². The molecule has 4 heteroatoms. The van der Waals surface area contributed by atoms with Crippen LogP contribution in [-0.2, 0) is 4.79 Å². The Labute approximate surface area is 107 Å². The molecular weight excluding hydrogens is 238 g/mol. The van der Waals surface area contributed by atoms with Crippen molar-refractivity contribution < 1.29 is 9.53 Å². The summed E-state index contributed by atoms with van der Waals surface area (Å²) in [6.07, 6.45) is 1.11. The minimum Gasteiger partial charge on any atom is -0.481 e. The van der Waals surface area contributed by atoms with E-state index in [0.717, 1.165) is 6.42 Å². The first-order valence-corrected chi connectivity index (χ1v) is 6.25. The maximum absolute atomic E-state index is 11.7. The zero-order chi connectivity index (χ0) is 12.7. The van der Waals surface area contributed by atoms with Gasteiger partial charge < -0.3 is 10.1 Å². The van der Waals surface area contributed by atoms with Gasteiger partial charge in [0.1, 0.15) is 5.75 Å². The number of nitrogens with one attached hydrogen (secondary N) is 1. The summed E-state index contributed by atoms with van der Waals surface area (Å²) in [5.74, 6) is 0.595. The Balaban J connectivity index is 2.57. The Morgan fingerprint density at radius 1 is 1.35 bits per heavy atom. The van der Waals surface area contributed by atoms with Crippen molar-refractivity contribution in [1.29, 1.82) is 0 Å². The van der Waals surface area contributed by atoms with Crippen LogP contribution in [0.25, 0.3) is 0 Å². The molecule has 1 aromatic rings. The molecule has 1 aromatic carbocycles. The van der Waals surface area contributed by atoms with Crippen molar-refractivity contribution in [3.63, 3.8) is 0 Å². The summed E-state index contributed by atoms with van der Waals surface area (Å²) in [6.45, 7) is 4.62. The molecule has 0 fully saturated rings. The molecule has 94 valence electrons. The van der Waals surface area contributed by atoms with Gasteiger partial charge in [0.15, 0.2) is 6.10 Å². The van der Waals surface area contributed by atoms with Gasteiger partial charge in [-0.3, -0.25) is 4.79 Å². The second-order valence-corrected chi connectivity index (χ2v) is 4.20. The standard InChI is InChI=1S/C13H18ClNO2/c1-3-9-15-13(16)12(4-2)17-11-7-5-10(14)6-8-11/h5-8,12H,3-4,9H2,1-2H3,(H,15,16)/t12-/m0/s1. The summed E-state index contributed by atoms with van der Waals surface area (Å²) in [4.78, 5) is 11.7. The zero-order valence-electron chi connectivity index (χ0n) is 10.2. The van der Waals surface area contributed by atoms with Gasteiger partial charge in [0.25, 0.3) is 5.91 Å². The molecular formula is C13H18ClNO2. The predicted molar refractivity (Wildman–Crippen MR) is 69.5 cm³/mol. The van der Waals surface area contributed by atoms with E-state index in [-0.39, 0.29) is 5.91 Å². The van der Waals surface area contributed by atoms with Gasteiger partial charge in [0, 0.05) is 11.6 Å². The number of halogens is 1. The number of hydrogen-bond acceptors (Lipinski definition) is 2. The summed E-state index contributed by atoms with van der Waals surface area (Å²) < 4.78 is 5.61. The first kappa shape index (κ1) is 13.8. The number of ether oxygens (including phenoxy) is 1. The van der Waals surface area contributed by atoms with Crippen molar-refractivity contribution >= 4 is 17.5 Å². The molecule has 0 saturated heterocycles. The van der Waals surface area contributed by atoms with Crippen LogP contribution in [0, 0.1) is 0 Å². The smallest absolute Gasteiger partial charge is 0.261 e. The fourth-order valence-corrected chi connectivity index (χ4v) is 1.49. The second-order valence-electron chi connectivity index (χ2n) is 3.76. The quantitative estimate of drug-likeness (QED) is 0.849. The lowest BCUT2D eigenvalue weighted by Gasteiger charge is -2.17. The van der Waals surface area contributed by atoms with Gasteiger partial charge in [-0.2, -0.15) is 0 Å². The molecule has 0 spiro atoms. The van der Waals surface area contributed by atoms with Crippen molar-refractivity contribution in [2.24, 2.45) is 0 Å². The molecule has 1 N–H and O–H groups in total. The third-order valence-electron chi connectivity index (χ3n) is 2.30. The Kier molecular flexibility index (Phi) is 5.84. The van der Waals surface area contributed by atoms with Crippen molar-refractivity contribution in [3.8, 4) is 5.75 Å². The second kappa shape index (κ2) is 7.17. The molecule has 0 aliphatic carbocycles. The molecule has 1 rings (SSSR count). The van der Waals surface area contributed by atoms with Crippen LogP contribution in [0.2, 0.25) is 5.02 Å². The number of amides is 1. The van der Waals surface area contributed by atoms with Crippen LogP contribution in [-0.4, -0.2) is 18.6 Å². The summed E-state index contributed by atoms with van der Waals surface area (Å²) in [5, 5.41) is 3.48. The first-order chi connectivity index (χ1) is 8.17. The minimum absolute atomic E-state index is 0.0655. The van der Waals surface area contributed by atoms with Crippen molar-refractivity contribution in [2.75, 3.05) is 6.54 Å². The average molecular weight is 256 g/mol. The largest absolute Gasteiger partial charge is 0.481 e. The van der Waals surface area contributed by atoms with E-state index in [9.17, 15) is 4.79 Å². The summed E-state index contributed by atoms with van der Waals surface area (Å²) in [7, 11) is 0. The number of rotatable bonds is 6. The normalized spacial score (nSPS) is 11.9. The van der Waals surface area contributed by atoms with E-state index in [2.05, 4.69) is 5.32 Å². The van der Waals surface area contributed by atoms with Crippen molar-refractivity contribution in [2.45, 2.75) is 32.8 Å². The molecule has 0 bridgehead atoms. The van der Waals surface area contributed by atoms with E-state index in [0.29, 0.717) is 23.7 Å². The molecule has 1 atom stereocenters. The fraction of sp³-hybridized carbons (Fsp3) is 0.462. The van der Waals surface area contributed by atoms with Crippen molar-refractivity contribution in [1.82, 2.24) is 5.32 Å². The molecule has 0 aromatic heterocycles. The van der Waals surface area contributed by atoms with Gasteiger partial charge >= 0.3 is 0 Å². The third kappa shape index (κ3) is 4.65. The summed E-state index contributed by atoms with van der Waals surface area (Å²) in [6, 6.07) is 7.01. The van der Waals surface area contributed by atoms with Crippen LogP contribution >= 0.6 is 11.6 Å². The Hall–Kier alpha value is -1.22. The Morgan fingerprint density at radius 3 is 2.53 bits per heavy atom. The predicted octanol–water partition coefficient (Wildman–Crippen LogP) is 3.02. The molecule has 1 amide bonds. The SMILES string of the molecule is CCCNC(=O)[C@H](CC)Oc1ccc(Cl)cc1. The van der Waals surface area contributed by atoms with Gasteiger partial charge in [0.05, 0.1) is 0 Å². The van der Waals surface area contributed by atoms with Gasteiger partial charge in [-0.15, -0.1) is 0 Å². The molecule has 0 aliphatic heterocycles. The molecule has 0 unspecified atom stereocenters. The number of carbonyl (C=O) groups is 1. The lowest BCUT2D eigenvalue weighted by molar-refractivity contribution is -0.128. The highest BCUT2D eigenvalue weighted by molar-refractivity contribution is 6.30. The van der Waals surface area contributed by atoms with E-state index >= 15 is 0 Å². The summed E-state index contributed by atoms with van der Waals surface area (Å²) in [5.41, 5.74) is 0. The first-order valence-electron chi connectivity index (χ1n) is 5.87. The van der Waals surface area contributed by atoms with Gasteiger partial charge in [0.2, 0.25) is 0 Å². The van der Waals surface area contributed by atoms with Crippen LogP contribution in [0.5, 0.6) is 5.75 Å². The van der Waals surface area contributed by atoms with Crippen LogP contribution in [0.1, 0.15) is 26.7 Å². The highest BCUT2D eigenvalue weighted by Gasteiger charge is 2.17. The number of carbonyl (C=O) groups excluding carboxylic acids is 1. The van der Waals surface area contributed by atoms with Crippen LogP contribution in [0.15, 0.2) is 24.3 Å². The topological polar surface area (TPSA) is 38.3 Å². The maximum atomic E-state index is 11.7. The lowest BCUT2D eigenvalue weighted by atomic mass is 10.2. The zero-order valence-corrected chi connectivity index (χ0v) is 11.0. The average Bonchev–Trinajstić information content (AvgIpc) is 2.35. The van der Waals surface area contributed by atoms with E-state index in [4.69, 9.17) is 16.3 Å². The van der Waals surface area contributed by atoms with E-state index in [1.807, 2.05) is 13.8 Å². The Bertz CT molecular complexity index is 351. The van der Waals surface area contributed by atoms with E-state index < -0.39 is 6.10 Å². The molecule has 3 nitrogen and oxygen atoms in total. The fourth-order valence-electron chi connectivity index (χ4n) is 1.36. The van der Waals surface area contributed by atoms with Crippen LogP contribution in [0.4, 0.5) is 0 Å². The van der Waals surface area contributed by atoms with E-state index in [1.54, 1.807) is 24.3 Å². The minimum atomic E-state index is -0.442. The maximum Gasteiger partial charge on any atom is 0.261 e. The summed E-state index contributed by atoms with van der Waals surface area (Å²) >= 11 is 5.78. The third-order valence-corrected chi connectivity index (χ3v) is 2.56. The van der Waals surface area contributed by atoms with Crippen LogP contribution in [0.3, 0.4) is 0 Å². The molecule has 17 heavy (non-hydrogen) atoms. The number of hydrogen-bond donors (Lipinski definition) is 1. The van der Waals surface area contributed by atoms with Crippen molar-refractivity contribution in [3.05, 3.63) is 29.3 Å². The highest BCUT2D eigenvalue weighted by atomic mass is 35.5. The monoisotopic (exact) mass is 255 g/mol. The molecule has 0 heterocycles. The number of benzene rings is 1. The Morgan fingerprint density at radius 2 is 2.00 bits per heavy atom. The van der Waals surface area contributed by atoms with Gasteiger partial charge in [-0.05, 0) is 37.1 Å². The molecule has 0 radical (unpaired) electrons. The molecule has 0 saturated carbocycles.